The van der Waals surface area contributed by atoms with Gasteiger partial charge in [0.15, 0.2) is 0 Å². The van der Waals surface area contributed by atoms with Crippen molar-refractivity contribution >= 4 is 5.91 Å². The van der Waals surface area contributed by atoms with Gasteiger partial charge in [0.25, 0.3) is 0 Å². The maximum atomic E-state index is 11.3. The monoisotopic (exact) mass is 220 g/mol. The third kappa shape index (κ3) is 2.37. The number of nitrogens with two attached hydrogens (primary N) is 1. The van der Waals surface area contributed by atoms with E-state index in [0.717, 1.165) is 12.2 Å². The van der Waals surface area contributed by atoms with E-state index in [2.05, 4.69) is 15.2 Å². The molecule has 3 N–H and O–H groups in total. The molecular formula is C11H16N4O. The molecule has 5 heteroatoms. The summed E-state index contributed by atoms with van der Waals surface area (Å²) in [5.74, 6) is 0.0561. The first-order valence-corrected chi connectivity index (χ1v) is 5.43. The van der Waals surface area contributed by atoms with Crippen LogP contribution in [0.3, 0.4) is 0 Å². The van der Waals surface area contributed by atoms with E-state index in [0.29, 0.717) is 19.6 Å². The number of rotatable bonds is 3. The summed E-state index contributed by atoms with van der Waals surface area (Å²) in [6, 6.07) is 5.80. The van der Waals surface area contributed by atoms with Crippen LogP contribution in [0.1, 0.15) is 11.7 Å². The summed E-state index contributed by atoms with van der Waals surface area (Å²) in [5.41, 5.74) is 6.70. The highest BCUT2D eigenvalue weighted by molar-refractivity contribution is 5.78. The van der Waals surface area contributed by atoms with Gasteiger partial charge < -0.3 is 11.1 Å². The molecular weight excluding hydrogens is 204 g/mol. The van der Waals surface area contributed by atoms with Gasteiger partial charge in [-0.3, -0.25) is 14.7 Å². The second kappa shape index (κ2) is 5.05. The minimum absolute atomic E-state index is 0.0345. The molecule has 1 unspecified atom stereocenters. The zero-order valence-corrected chi connectivity index (χ0v) is 9.10. The number of nitrogens with one attached hydrogen (secondary N) is 1. The minimum atomic E-state index is 0.0345. The van der Waals surface area contributed by atoms with Gasteiger partial charge >= 0.3 is 0 Å². The average Bonchev–Trinajstić information content (AvgIpc) is 2.31. The van der Waals surface area contributed by atoms with Crippen LogP contribution in [0.2, 0.25) is 0 Å². The van der Waals surface area contributed by atoms with E-state index in [-0.39, 0.29) is 11.9 Å². The van der Waals surface area contributed by atoms with Crippen LogP contribution in [0.15, 0.2) is 24.4 Å². The lowest BCUT2D eigenvalue weighted by atomic mass is 10.1. The summed E-state index contributed by atoms with van der Waals surface area (Å²) in [6.07, 6.45) is 1.75. The van der Waals surface area contributed by atoms with Crippen molar-refractivity contribution in [1.82, 2.24) is 15.2 Å². The standard InChI is InChI=1S/C11H16N4O/c12-7-10(9-3-1-2-4-13-9)15-6-5-14-11(16)8-15/h1-4,10H,5-8,12H2,(H,14,16). The van der Waals surface area contributed by atoms with Gasteiger partial charge in [-0.15, -0.1) is 0 Å². The molecule has 86 valence electrons. The first-order valence-electron chi connectivity index (χ1n) is 5.43. The zero-order valence-electron chi connectivity index (χ0n) is 9.10. The normalized spacial score (nSPS) is 19.2. The Kier molecular flexibility index (Phi) is 3.48. The van der Waals surface area contributed by atoms with Crippen molar-refractivity contribution < 1.29 is 4.79 Å². The molecule has 1 aromatic rings. The van der Waals surface area contributed by atoms with Gasteiger partial charge in [-0.05, 0) is 12.1 Å². The predicted molar refractivity (Wildman–Crippen MR) is 60.6 cm³/mol. The molecule has 1 aromatic heterocycles. The maximum absolute atomic E-state index is 11.3. The first kappa shape index (κ1) is 11.0. The Balaban J connectivity index is 2.13. The van der Waals surface area contributed by atoms with Gasteiger partial charge in [-0.2, -0.15) is 0 Å². The molecule has 0 aromatic carbocycles. The Morgan fingerprint density at radius 3 is 3.06 bits per heavy atom. The molecule has 5 nitrogen and oxygen atoms in total. The zero-order chi connectivity index (χ0) is 11.4. The fourth-order valence-corrected chi connectivity index (χ4v) is 1.95. The third-order valence-corrected chi connectivity index (χ3v) is 2.76. The van der Waals surface area contributed by atoms with E-state index in [1.807, 2.05) is 18.2 Å². The maximum Gasteiger partial charge on any atom is 0.234 e. The quantitative estimate of drug-likeness (QED) is 0.721. The van der Waals surface area contributed by atoms with Crippen LogP contribution in [-0.2, 0) is 4.79 Å². The summed E-state index contributed by atoms with van der Waals surface area (Å²) in [5, 5.41) is 2.80. The highest BCUT2D eigenvalue weighted by Crippen LogP contribution is 2.17. The summed E-state index contributed by atoms with van der Waals surface area (Å²) >= 11 is 0. The highest BCUT2D eigenvalue weighted by Gasteiger charge is 2.24. The lowest BCUT2D eigenvalue weighted by Gasteiger charge is -2.33. The highest BCUT2D eigenvalue weighted by atomic mass is 16.2. The molecule has 1 amide bonds. The number of hydrogen-bond donors (Lipinski definition) is 2. The van der Waals surface area contributed by atoms with Crippen LogP contribution in [0, 0.1) is 0 Å². The molecule has 2 heterocycles. The van der Waals surface area contributed by atoms with Gasteiger partial charge in [0.05, 0.1) is 18.3 Å². The lowest BCUT2D eigenvalue weighted by Crippen LogP contribution is -2.50. The Morgan fingerprint density at radius 1 is 1.56 bits per heavy atom. The van der Waals surface area contributed by atoms with E-state index < -0.39 is 0 Å². The number of carbonyl (C=O) groups excluding carboxylic acids is 1. The summed E-state index contributed by atoms with van der Waals surface area (Å²) in [7, 11) is 0. The lowest BCUT2D eigenvalue weighted by molar-refractivity contribution is -0.124. The number of hydrogen-bond acceptors (Lipinski definition) is 4. The summed E-state index contributed by atoms with van der Waals surface area (Å²) < 4.78 is 0. The van der Waals surface area contributed by atoms with Crippen molar-refractivity contribution in [2.24, 2.45) is 5.73 Å². The molecule has 1 saturated heterocycles. The van der Waals surface area contributed by atoms with Crippen molar-refractivity contribution in [3.63, 3.8) is 0 Å². The van der Waals surface area contributed by atoms with E-state index >= 15 is 0 Å². The number of nitrogens with zero attached hydrogens (tertiary/aromatic N) is 2. The summed E-state index contributed by atoms with van der Waals surface area (Å²) in [6.45, 7) is 2.38. The van der Waals surface area contributed by atoms with E-state index in [9.17, 15) is 4.79 Å². The van der Waals surface area contributed by atoms with Crippen molar-refractivity contribution in [1.29, 1.82) is 0 Å². The fourth-order valence-electron chi connectivity index (χ4n) is 1.95. The van der Waals surface area contributed by atoms with Gasteiger partial charge in [0.1, 0.15) is 0 Å². The Hall–Kier alpha value is -1.46. The van der Waals surface area contributed by atoms with Gasteiger partial charge in [-0.1, -0.05) is 6.07 Å². The number of amides is 1. The van der Waals surface area contributed by atoms with E-state index in [1.54, 1.807) is 6.20 Å². The molecule has 2 rings (SSSR count). The topological polar surface area (TPSA) is 71.2 Å². The average molecular weight is 220 g/mol. The molecule has 16 heavy (non-hydrogen) atoms. The van der Waals surface area contributed by atoms with E-state index in [1.165, 1.54) is 0 Å². The van der Waals surface area contributed by atoms with Crippen molar-refractivity contribution in [2.45, 2.75) is 6.04 Å². The van der Waals surface area contributed by atoms with E-state index in [4.69, 9.17) is 5.73 Å². The first-order chi connectivity index (χ1) is 7.81. The Morgan fingerprint density at radius 2 is 2.44 bits per heavy atom. The number of aromatic nitrogens is 1. The van der Waals surface area contributed by atoms with Crippen molar-refractivity contribution in [2.75, 3.05) is 26.2 Å². The van der Waals surface area contributed by atoms with Crippen LogP contribution in [0.4, 0.5) is 0 Å². The number of pyridine rings is 1. The molecule has 0 saturated carbocycles. The van der Waals surface area contributed by atoms with Crippen LogP contribution < -0.4 is 11.1 Å². The molecule has 0 radical (unpaired) electrons. The van der Waals surface area contributed by atoms with Crippen molar-refractivity contribution in [3.8, 4) is 0 Å². The van der Waals surface area contributed by atoms with Crippen LogP contribution in [0.5, 0.6) is 0 Å². The second-order valence-electron chi connectivity index (χ2n) is 3.83. The number of carbonyl (C=O) groups is 1. The Labute approximate surface area is 94.6 Å². The Bertz CT molecular complexity index is 354. The third-order valence-electron chi connectivity index (χ3n) is 2.76. The molecule has 1 aliphatic heterocycles. The van der Waals surface area contributed by atoms with Crippen LogP contribution >= 0.6 is 0 Å². The summed E-state index contributed by atoms with van der Waals surface area (Å²) in [4.78, 5) is 17.7. The molecule has 0 bridgehead atoms. The van der Waals surface area contributed by atoms with Gasteiger partial charge in [-0.25, -0.2) is 0 Å². The molecule has 0 spiro atoms. The van der Waals surface area contributed by atoms with Crippen LogP contribution in [0.25, 0.3) is 0 Å². The number of piperazine rings is 1. The predicted octanol–water partition coefficient (Wildman–Crippen LogP) is -0.487. The van der Waals surface area contributed by atoms with Gasteiger partial charge in [0.2, 0.25) is 5.91 Å². The van der Waals surface area contributed by atoms with Gasteiger partial charge in [0, 0.05) is 25.8 Å². The molecule has 0 aliphatic carbocycles. The minimum Gasteiger partial charge on any atom is -0.354 e. The van der Waals surface area contributed by atoms with Crippen molar-refractivity contribution in [3.05, 3.63) is 30.1 Å². The van der Waals surface area contributed by atoms with Crippen LogP contribution in [-0.4, -0.2) is 42.0 Å². The second-order valence-corrected chi connectivity index (χ2v) is 3.83. The largest absolute Gasteiger partial charge is 0.354 e. The smallest absolute Gasteiger partial charge is 0.234 e. The molecule has 1 fully saturated rings. The fraction of sp³-hybridized carbons (Fsp3) is 0.455. The SMILES string of the molecule is NCC(c1ccccn1)N1CCNC(=O)C1. The molecule has 1 atom stereocenters. The molecule has 1 aliphatic rings.